The van der Waals surface area contributed by atoms with E-state index >= 15 is 0 Å². The molecule has 8 heteroatoms. The Labute approximate surface area is 168 Å². The van der Waals surface area contributed by atoms with Crippen LogP contribution in [-0.2, 0) is 28.6 Å². The molecule has 1 amide bonds. The van der Waals surface area contributed by atoms with Gasteiger partial charge in [0.1, 0.15) is 12.2 Å². The summed E-state index contributed by atoms with van der Waals surface area (Å²) < 4.78 is 15.9. The molecule has 0 unspecified atom stereocenters. The van der Waals surface area contributed by atoms with Gasteiger partial charge in [0.15, 0.2) is 6.04 Å². The van der Waals surface area contributed by atoms with Crippen LogP contribution in [-0.4, -0.2) is 59.5 Å². The van der Waals surface area contributed by atoms with E-state index in [0.717, 1.165) is 6.42 Å². The van der Waals surface area contributed by atoms with Crippen molar-refractivity contribution in [2.24, 2.45) is 5.92 Å². The summed E-state index contributed by atoms with van der Waals surface area (Å²) in [5.41, 5.74) is -0.620. The van der Waals surface area contributed by atoms with Crippen molar-refractivity contribution in [3.63, 3.8) is 0 Å². The average Bonchev–Trinajstić information content (AvgIpc) is 2.52. The second-order valence-corrected chi connectivity index (χ2v) is 8.23. The Morgan fingerprint density at radius 2 is 1.64 bits per heavy atom. The SMILES string of the molecule is CCC[C@H](OCC(=O)OC(C)(C)C)[C@H](C)C(=O)N[C@H](C(=O)OC(C)C)[C@@H](C)O. The molecule has 0 radical (unpaired) electrons. The Balaban J connectivity index is 4.97. The van der Waals surface area contributed by atoms with Gasteiger partial charge in [-0.05, 0) is 48.0 Å². The Bertz CT molecular complexity index is 511. The molecule has 0 heterocycles. The van der Waals surface area contributed by atoms with E-state index < -0.39 is 47.6 Å². The highest BCUT2D eigenvalue weighted by molar-refractivity contribution is 5.86. The van der Waals surface area contributed by atoms with Gasteiger partial charge in [-0.2, -0.15) is 0 Å². The fourth-order valence-electron chi connectivity index (χ4n) is 2.44. The van der Waals surface area contributed by atoms with Gasteiger partial charge in [-0.15, -0.1) is 0 Å². The van der Waals surface area contributed by atoms with Crippen molar-refractivity contribution in [3.05, 3.63) is 0 Å². The number of hydrogen-bond donors (Lipinski definition) is 2. The summed E-state index contributed by atoms with van der Waals surface area (Å²) in [6, 6.07) is -1.18. The van der Waals surface area contributed by atoms with Crippen LogP contribution in [0.2, 0.25) is 0 Å². The fraction of sp³-hybridized carbons (Fsp3) is 0.850. The lowest BCUT2D eigenvalue weighted by Crippen LogP contribution is -2.52. The summed E-state index contributed by atoms with van der Waals surface area (Å²) >= 11 is 0. The minimum Gasteiger partial charge on any atom is -0.461 e. The minimum atomic E-state index is -1.18. The summed E-state index contributed by atoms with van der Waals surface area (Å²) in [5, 5.41) is 12.4. The van der Waals surface area contributed by atoms with Crippen molar-refractivity contribution in [2.75, 3.05) is 6.61 Å². The lowest BCUT2D eigenvalue weighted by Gasteiger charge is -2.27. The summed E-state index contributed by atoms with van der Waals surface area (Å²) in [5.74, 6) is -2.32. The summed E-state index contributed by atoms with van der Waals surface area (Å²) in [4.78, 5) is 36.6. The third-order valence-corrected chi connectivity index (χ3v) is 3.77. The number of esters is 2. The number of aliphatic hydroxyl groups excluding tert-OH is 1. The second-order valence-electron chi connectivity index (χ2n) is 8.23. The van der Waals surface area contributed by atoms with Crippen LogP contribution in [0.25, 0.3) is 0 Å². The highest BCUT2D eigenvalue weighted by atomic mass is 16.6. The maximum Gasteiger partial charge on any atom is 0.332 e. The Morgan fingerprint density at radius 3 is 2.07 bits per heavy atom. The van der Waals surface area contributed by atoms with E-state index in [0.29, 0.717) is 6.42 Å². The van der Waals surface area contributed by atoms with Gasteiger partial charge in [0.25, 0.3) is 0 Å². The molecule has 0 rings (SSSR count). The zero-order chi connectivity index (χ0) is 22.1. The zero-order valence-corrected chi connectivity index (χ0v) is 18.4. The van der Waals surface area contributed by atoms with Gasteiger partial charge >= 0.3 is 11.9 Å². The van der Waals surface area contributed by atoms with Crippen molar-refractivity contribution >= 4 is 17.8 Å². The van der Waals surface area contributed by atoms with E-state index in [1.54, 1.807) is 41.5 Å². The van der Waals surface area contributed by atoms with Gasteiger partial charge in [0.2, 0.25) is 5.91 Å². The third-order valence-electron chi connectivity index (χ3n) is 3.77. The third kappa shape index (κ3) is 10.6. The lowest BCUT2D eigenvalue weighted by atomic mass is 9.98. The Kier molecular flexibility index (Phi) is 11.3. The molecule has 28 heavy (non-hydrogen) atoms. The molecule has 0 saturated heterocycles. The molecule has 0 aliphatic carbocycles. The first-order valence-corrected chi connectivity index (χ1v) is 9.80. The number of rotatable bonds is 11. The molecule has 0 aliphatic rings. The normalized spacial score (nSPS) is 16.1. The van der Waals surface area contributed by atoms with Gasteiger partial charge in [-0.25, -0.2) is 9.59 Å². The molecular formula is C20H37NO7. The number of hydrogen-bond acceptors (Lipinski definition) is 7. The molecule has 0 aromatic rings. The zero-order valence-electron chi connectivity index (χ0n) is 18.4. The van der Waals surface area contributed by atoms with Gasteiger partial charge < -0.3 is 24.6 Å². The van der Waals surface area contributed by atoms with Crippen LogP contribution in [0.5, 0.6) is 0 Å². The number of carbonyl (C=O) groups is 3. The second kappa shape index (κ2) is 12.0. The van der Waals surface area contributed by atoms with E-state index in [1.807, 2.05) is 6.92 Å². The van der Waals surface area contributed by atoms with Crippen LogP contribution >= 0.6 is 0 Å². The standard InChI is InChI=1S/C20H37NO7/c1-9-10-15(26-11-16(23)28-20(6,7)8)13(4)18(24)21-17(14(5)22)19(25)27-12(2)3/h12-15,17,22H,9-11H2,1-8H3,(H,21,24)/t13-,14+,15-,17-/m0/s1. The predicted molar refractivity (Wildman–Crippen MR) is 104 cm³/mol. The van der Waals surface area contributed by atoms with E-state index in [9.17, 15) is 19.5 Å². The maximum atomic E-state index is 12.6. The maximum absolute atomic E-state index is 12.6. The van der Waals surface area contributed by atoms with Crippen LogP contribution in [0.4, 0.5) is 0 Å². The van der Waals surface area contributed by atoms with Crippen LogP contribution in [0, 0.1) is 5.92 Å². The molecule has 8 nitrogen and oxygen atoms in total. The van der Waals surface area contributed by atoms with Crippen molar-refractivity contribution < 1.29 is 33.7 Å². The first kappa shape index (κ1) is 26.3. The Hall–Kier alpha value is -1.67. The van der Waals surface area contributed by atoms with E-state index in [1.165, 1.54) is 6.92 Å². The average molecular weight is 404 g/mol. The van der Waals surface area contributed by atoms with Crippen LogP contribution in [0.15, 0.2) is 0 Å². The Morgan fingerprint density at radius 1 is 1.07 bits per heavy atom. The molecule has 2 N–H and O–H groups in total. The number of carbonyl (C=O) groups excluding carboxylic acids is 3. The summed E-state index contributed by atoms with van der Waals surface area (Å²) in [7, 11) is 0. The highest BCUT2D eigenvalue weighted by Gasteiger charge is 2.32. The van der Waals surface area contributed by atoms with Crippen molar-refractivity contribution in [1.29, 1.82) is 0 Å². The van der Waals surface area contributed by atoms with E-state index in [2.05, 4.69) is 5.32 Å². The van der Waals surface area contributed by atoms with Crippen molar-refractivity contribution in [2.45, 2.75) is 98.2 Å². The summed E-state index contributed by atoms with van der Waals surface area (Å²) in [6.07, 6.45) is -0.727. The number of nitrogens with one attached hydrogen (secondary N) is 1. The van der Waals surface area contributed by atoms with E-state index in [-0.39, 0.29) is 12.7 Å². The first-order chi connectivity index (χ1) is 12.8. The monoisotopic (exact) mass is 403 g/mol. The molecule has 0 saturated carbocycles. The fourth-order valence-corrected chi connectivity index (χ4v) is 2.44. The van der Waals surface area contributed by atoms with Crippen molar-refractivity contribution in [3.8, 4) is 0 Å². The van der Waals surface area contributed by atoms with Gasteiger partial charge in [-0.3, -0.25) is 4.79 Å². The van der Waals surface area contributed by atoms with Gasteiger partial charge in [0, 0.05) is 0 Å². The molecule has 0 aromatic heterocycles. The highest BCUT2D eigenvalue weighted by Crippen LogP contribution is 2.16. The topological polar surface area (TPSA) is 111 Å². The quantitative estimate of drug-likeness (QED) is 0.507. The molecule has 0 spiro atoms. The largest absolute Gasteiger partial charge is 0.461 e. The van der Waals surface area contributed by atoms with E-state index in [4.69, 9.17) is 14.2 Å². The number of ether oxygens (including phenoxy) is 3. The smallest absolute Gasteiger partial charge is 0.332 e. The molecule has 164 valence electrons. The van der Waals surface area contributed by atoms with Crippen LogP contribution in [0.3, 0.4) is 0 Å². The molecule has 4 atom stereocenters. The van der Waals surface area contributed by atoms with Crippen LogP contribution < -0.4 is 5.32 Å². The van der Waals surface area contributed by atoms with Gasteiger partial charge in [-0.1, -0.05) is 20.3 Å². The molecule has 0 fully saturated rings. The molecular weight excluding hydrogens is 366 g/mol. The minimum absolute atomic E-state index is 0.269. The van der Waals surface area contributed by atoms with Gasteiger partial charge in [0.05, 0.1) is 24.2 Å². The molecule has 0 bridgehead atoms. The molecule has 0 aliphatic heterocycles. The lowest BCUT2D eigenvalue weighted by molar-refractivity contribution is -0.164. The summed E-state index contributed by atoms with van der Waals surface area (Å²) in [6.45, 7) is 13.4. The number of amides is 1. The molecule has 0 aromatic carbocycles. The van der Waals surface area contributed by atoms with Crippen LogP contribution in [0.1, 0.15) is 68.2 Å². The number of aliphatic hydroxyl groups is 1. The first-order valence-electron chi connectivity index (χ1n) is 9.80. The predicted octanol–water partition coefficient (Wildman–Crippen LogP) is 1.97. The van der Waals surface area contributed by atoms with Crippen molar-refractivity contribution in [1.82, 2.24) is 5.32 Å².